The summed E-state index contributed by atoms with van der Waals surface area (Å²) in [5.74, 6) is 2.11. The van der Waals surface area contributed by atoms with Crippen LogP contribution in [-0.2, 0) is 19.7 Å². The Morgan fingerprint density at radius 1 is 0.893 bits per heavy atom. The molecule has 144 valence electrons. The van der Waals surface area contributed by atoms with Gasteiger partial charge in [0.05, 0.1) is 0 Å². The minimum Gasteiger partial charge on any atom is -0.489 e. The van der Waals surface area contributed by atoms with Crippen LogP contribution in [0.15, 0.2) is 65.1 Å². The van der Waals surface area contributed by atoms with Crippen LogP contribution in [0.3, 0.4) is 0 Å². The number of fused-ring (bicyclic) bond motifs is 1. The molecule has 0 radical (unpaired) electrons. The fraction of sp³-hybridized carbons (Fsp3) is 0.182. The van der Waals surface area contributed by atoms with E-state index in [1.54, 1.807) is 12.1 Å². The molecule has 0 atom stereocenters. The molecule has 0 amide bonds. The number of ether oxygens (including phenoxy) is 3. The average molecular weight is 444 g/mol. The molecule has 1 heterocycles. The Kier molecular flexibility index (Phi) is 5.78. The summed E-state index contributed by atoms with van der Waals surface area (Å²) in [6, 6.07) is 18.2. The maximum atomic E-state index is 13.0. The SMILES string of the molecule is Fc1ccc(COc2ccc(Br)cc2CNCc2ccc3c(c2)OCO3)cc1. The van der Waals surface area contributed by atoms with E-state index in [4.69, 9.17) is 14.2 Å². The van der Waals surface area contributed by atoms with Gasteiger partial charge in [0, 0.05) is 23.1 Å². The van der Waals surface area contributed by atoms with E-state index >= 15 is 0 Å². The standard InChI is InChI=1S/C22H19BrFNO3/c23-18-4-8-20(26-13-15-1-5-19(24)6-2-15)17(10-18)12-25-11-16-3-7-21-22(9-16)28-14-27-21/h1-10,25H,11-14H2. The van der Waals surface area contributed by atoms with Gasteiger partial charge in [-0.15, -0.1) is 0 Å². The van der Waals surface area contributed by atoms with E-state index in [1.807, 2.05) is 36.4 Å². The Hall–Kier alpha value is -2.57. The zero-order chi connectivity index (χ0) is 19.3. The van der Waals surface area contributed by atoms with Crippen LogP contribution in [-0.4, -0.2) is 6.79 Å². The molecular formula is C22H19BrFNO3. The van der Waals surface area contributed by atoms with Crippen molar-refractivity contribution in [3.63, 3.8) is 0 Å². The topological polar surface area (TPSA) is 39.7 Å². The van der Waals surface area contributed by atoms with Crippen molar-refractivity contribution in [3.05, 3.63) is 87.6 Å². The first-order chi connectivity index (χ1) is 13.7. The third kappa shape index (κ3) is 4.64. The van der Waals surface area contributed by atoms with Crippen LogP contribution >= 0.6 is 15.9 Å². The van der Waals surface area contributed by atoms with Crippen LogP contribution in [0.5, 0.6) is 17.2 Å². The number of nitrogens with one attached hydrogen (secondary N) is 1. The summed E-state index contributed by atoms with van der Waals surface area (Å²) in [5, 5.41) is 3.44. The van der Waals surface area contributed by atoms with Crippen LogP contribution in [0.2, 0.25) is 0 Å². The second-order valence-corrected chi connectivity index (χ2v) is 7.37. The largest absolute Gasteiger partial charge is 0.489 e. The Balaban J connectivity index is 1.38. The second-order valence-electron chi connectivity index (χ2n) is 6.46. The maximum Gasteiger partial charge on any atom is 0.231 e. The zero-order valence-corrected chi connectivity index (χ0v) is 16.7. The van der Waals surface area contributed by atoms with E-state index in [0.717, 1.165) is 38.4 Å². The Morgan fingerprint density at radius 3 is 2.54 bits per heavy atom. The molecule has 0 fully saturated rings. The molecule has 0 saturated carbocycles. The van der Waals surface area contributed by atoms with Crippen LogP contribution in [0.1, 0.15) is 16.7 Å². The lowest BCUT2D eigenvalue weighted by Gasteiger charge is -2.13. The summed E-state index contributed by atoms with van der Waals surface area (Å²) in [7, 11) is 0. The fourth-order valence-corrected chi connectivity index (χ4v) is 3.37. The third-order valence-electron chi connectivity index (χ3n) is 4.41. The van der Waals surface area contributed by atoms with Gasteiger partial charge in [0.25, 0.3) is 0 Å². The van der Waals surface area contributed by atoms with Crippen molar-refractivity contribution in [2.24, 2.45) is 0 Å². The minimum absolute atomic E-state index is 0.249. The highest BCUT2D eigenvalue weighted by molar-refractivity contribution is 9.10. The second kappa shape index (κ2) is 8.63. The van der Waals surface area contributed by atoms with Gasteiger partial charge < -0.3 is 19.5 Å². The molecular weight excluding hydrogens is 425 g/mol. The summed E-state index contributed by atoms with van der Waals surface area (Å²) in [5.41, 5.74) is 3.08. The van der Waals surface area contributed by atoms with Crippen molar-refractivity contribution in [3.8, 4) is 17.2 Å². The normalized spacial score (nSPS) is 12.2. The van der Waals surface area contributed by atoms with E-state index < -0.39 is 0 Å². The van der Waals surface area contributed by atoms with Crippen molar-refractivity contribution in [1.29, 1.82) is 0 Å². The molecule has 0 aromatic heterocycles. The van der Waals surface area contributed by atoms with Gasteiger partial charge in [-0.05, 0) is 53.6 Å². The van der Waals surface area contributed by atoms with E-state index in [2.05, 4.69) is 21.2 Å². The lowest BCUT2D eigenvalue weighted by atomic mass is 10.1. The molecule has 6 heteroatoms. The molecule has 3 aromatic carbocycles. The first kappa shape index (κ1) is 18.8. The summed E-state index contributed by atoms with van der Waals surface area (Å²) in [6.45, 7) is 2.00. The van der Waals surface area contributed by atoms with Gasteiger partial charge in [0.15, 0.2) is 11.5 Å². The average Bonchev–Trinajstić information content (AvgIpc) is 3.16. The van der Waals surface area contributed by atoms with Gasteiger partial charge in [-0.3, -0.25) is 0 Å². The van der Waals surface area contributed by atoms with Gasteiger partial charge >= 0.3 is 0 Å². The number of rotatable bonds is 7. The molecule has 4 nitrogen and oxygen atoms in total. The van der Waals surface area contributed by atoms with Crippen molar-refractivity contribution in [2.45, 2.75) is 19.7 Å². The molecule has 1 N–H and O–H groups in total. The van der Waals surface area contributed by atoms with Crippen LogP contribution in [0.4, 0.5) is 4.39 Å². The van der Waals surface area contributed by atoms with Gasteiger partial charge in [-0.1, -0.05) is 34.1 Å². The van der Waals surface area contributed by atoms with Gasteiger partial charge in [0.2, 0.25) is 6.79 Å². The smallest absolute Gasteiger partial charge is 0.231 e. The predicted octanol–water partition coefficient (Wildman–Crippen LogP) is 5.19. The quantitative estimate of drug-likeness (QED) is 0.545. The minimum atomic E-state index is -0.249. The highest BCUT2D eigenvalue weighted by Crippen LogP contribution is 2.32. The zero-order valence-electron chi connectivity index (χ0n) is 15.1. The van der Waals surface area contributed by atoms with Crippen molar-refractivity contribution in [2.75, 3.05) is 6.79 Å². The van der Waals surface area contributed by atoms with Crippen LogP contribution in [0.25, 0.3) is 0 Å². The van der Waals surface area contributed by atoms with Crippen molar-refractivity contribution < 1.29 is 18.6 Å². The highest BCUT2D eigenvalue weighted by Gasteiger charge is 2.13. The summed E-state index contributed by atoms with van der Waals surface area (Å²) >= 11 is 3.52. The Bertz CT molecular complexity index is 962. The molecule has 28 heavy (non-hydrogen) atoms. The molecule has 3 aromatic rings. The van der Waals surface area contributed by atoms with Crippen LogP contribution in [0, 0.1) is 5.82 Å². The molecule has 4 rings (SSSR count). The summed E-state index contributed by atoms with van der Waals surface area (Å²) in [6.07, 6.45) is 0. The lowest BCUT2D eigenvalue weighted by molar-refractivity contribution is 0.174. The van der Waals surface area contributed by atoms with Crippen molar-refractivity contribution >= 4 is 15.9 Å². The van der Waals surface area contributed by atoms with Crippen LogP contribution < -0.4 is 19.5 Å². The third-order valence-corrected chi connectivity index (χ3v) is 4.90. The number of halogens is 2. The first-order valence-corrected chi connectivity index (χ1v) is 9.71. The van der Waals surface area contributed by atoms with E-state index in [1.165, 1.54) is 12.1 Å². The fourth-order valence-electron chi connectivity index (χ4n) is 2.96. The van der Waals surface area contributed by atoms with E-state index in [9.17, 15) is 4.39 Å². The summed E-state index contributed by atoms with van der Waals surface area (Å²) < 4.78 is 30.8. The number of hydrogen-bond donors (Lipinski definition) is 1. The predicted molar refractivity (Wildman–Crippen MR) is 108 cm³/mol. The highest BCUT2D eigenvalue weighted by atomic mass is 79.9. The molecule has 0 bridgehead atoms. The van der Waals surface area contributed by atoms with Gasteiger partial charge in [-0.2, -0.15) is 0 Å². The molecule has 0 unspecified atom stereocenters. The first-order valence-electron chi connectivity index (χ1n) is 8.92. The lowest BCUT2D eigenvalue weighted by Crippen LogP contribution is -2.13. The van der Waals surface area contributed by atoms with Crippen molar-refractivity contribution in [1.82, 2.24) is 5.32 Å². The monoisotopic (exact) mass is 443 g/mol. The van der Waals surface area contributed by atoms with E-state index in [-0.39, 0.29) is 12.6 Å². The van der Waals surface area contributed by atoms with E-state index in [0.29, 0.717) is 19.7 Å². The Morgan fingerprint density at radius 2 is 1.68 bits per heavy atom. The maximum absolute atomic E-state index is 13.0. The summed E-state index contributed by atoms with van der Waals surface area (Å²) in [4.78, 5) is 0. The molecule has 1 aliphatic rings. The molecule has 1 aliphatic heterocycles. The molecule has 0 aliphatic carbocycles. The van der Waals surface area contributed by atoms with Gasteiger partial charge in [0.1, 0.15) is 18.2 Å². The van der Waals surface area contributed by atoms with Gasteiger partial charge in [-0.25, -0.2) is 4.39 Å². The number of benzene rings is 3. The number of hydrogen-bond acceptors (Lipinski definition) is 4. The molecule has 0 spiro atoms. The Labute approximate surface area is 171 Å². The molecule has 0 saturated heterocycles.